The summed E-state index contributed by atoms with van der Waals surface area (Å²) in [5, 5.41) is 21.8. The molecule has 2 aliphatic rings. The first-order valence-electron chi connectivity index (χ1n) is 11.9. The van der Waals surface area contributed by atoms with Crippen molar-refractivity contribution in [1.29, 1.82) is 0 Å². The number of H-pyrrole nitrogens is 1. The first-order chi connectivity index (χ1) is 17.7. The molecular formula is C26H25N7O2S. The fourth-order valence-corrected chi connectivity index (χ4v) is 5.63. The van der Waals surface area contributed by atoms with Gasteiger partial charge in [0.15, 0.2) is 0 Å². The number of ether oxygens (including phenoxy) is 1. The van der Waals surface area contributed by atoms with E-state index in [4.69, 9.17) is 9.84 Å². The zero-order valence-electron chi connectivity index (χ0n) is 19.8. The summed E-state index contributed by atoms with van der Waals surface area (Å²) in [6, 6.07) is 19.7. The lowest BCUT2D eigenvalue weighted by Gasteiger charge is -2.25. The average Bonchev–Trinajstić information content (AvgIpc) is 3.70. The fraction of sp³-hybridized carbons (Fsp3) is 0.269. The number of nitrogens with one attached hydrogen (secondary N) is 1. The van der Waals surface area contributed by atoms with Crippen LogP contribution in [0.3, 0.4) is 0 Å². The predicted molar refractivity (Wildman–Crippen MR) is 138 cm³/mol. The van der Waals surface area contributed by atoms with Crippen molar-refractivity contribution in [2.45, 2.75) is 29.7 Å². The first kappa shape index (κ1) is 22.5. The molecule has 36 heavy (non-hydrogen) atoms. The summed E-state index contributed by atoms with van der Waals surface area (Å²) < 4.78 is 7.07. The SMILES string of the molecule is COc1ccc(C2=Nn3c(nnc3-c3cc(-c4ccccc4)n[nH]3)SC2CC(=O)N2CCCC2)cc1. The molecule has 1 saturated heterocycles. The maximum Gasteiger partial charge on any atom is 0.224 e. The normalized spacial score (nSPS) is 17.1. The second kappa shape index (κ2) is 9.62. The van der Waals surface area contributed by atoms with Gasteiger partial charge < -0.3 is 9.64 Å². The van der Waals surface area contributed by atoms with Crippen molar-refractivity contribution < 1.29 is 9.53 Å². The van der Waals surface area contributed by atoms with E-state index in [0.717, 1.165) is 59.9 Å². The van der Waals surface area contributed by atoms with E-state index in [-0.39, 0.29) is 11.2 Å². The Morgan fingerprint density at radius 3 is 2.58 bits per heavy atom. The van der Waals surface area contributed by atoms with Crippen molar-refractivity contribution in [3.05, 3.63) is 66.2 Å². The third-order valence-corrected chi connectivity index (χ3v) is 7.61. The van der Waals surface area contributed by atoms with Crippen molar-refractivity contribution in [3.8, 4) is 28.5 Å². The van der Waals surface area contributed by atoms with Gasteiger partial charge >= 0.3 is 0 Å². The minimum atomic E-state index is -0.169. The standard InChI is InChI=1S/C26H25N7O2S/c1-35-19-11-9-18(10-12-19)24-22(16-23(34)32-13-5-6-14-32)36-26-30-29-25(33(26)31-24)21-15-20(27-28-21)17-7-3-2-4-8-17/h2-4,7-12,15,22H,5-6,13-14,16H2,1H3,(H,27,28). The molecule has 182 valence electrons. The Morgan fingerprint density at radius 2 is 1.83 bits per heavy atom. The number of thioether (sulfide) groups is 1. The molecule has 0 radical (unpaired) electrons. The van der Waals surface area contributed by atoms with Gasteiger partial charge in [-0.05, 0) is 48.7 Å². The number of benzene rings is 2. The summed E-state index contributed by atoms with van der Waals surface area (Å²) in [4.78, 5) is 15.0. The molecule has 0 spiro atoms. The molecular weight excluding hydrogens is 474 g/mol. The molecule has 0 saturated carbocycles. The third-order valence-electron chi connectivity index (χ3n) is 6.47. The number of fused-ring (bicyclic) bond motifs is 1. The van der Waals surface area contributed by atoms with Crippen molar-refractivity contribution in [2.75, 3.05) is 20.2 Å². The topological polar surface area (TPSA) is 101 Å². The molecule has 4 aromatic rings. The van der Waals surface area contributed by atoms with Crippen LogP contribution in [0.4, 0.5) is 0 Å². The van der Waals surface area contributed by atoms with E-state index in [1.807, 2.05) is 65.6 Å². The number of carbonyl (C=O) groups excluding carboxylic acids is 1. The quantitative estimate of drug-likeness (QED) is 0.429. The zero-order chi connectivity index (χ0) is 24.5. The summed E-state index contributed by atoms with van der Waals surface area (Å²) in [5.74, 6) is 1.49. The maximum absolute atomic E-state index is 13.0. The van der Waals surface area contributed by atoms with Gasteiger partial charge in [0, 0.05) is 25.1 Å². The van der Waals surface area contributed by atoms with Gasteiger partial charge in [-0.15, -0.1) is 10.2 Å². The van der Waals surface area contributed by atoms with Gasteiger partial charge in [0.1, 0.15) is 11.4 Å². The summed E-state index contributed by atoms with van der Waals surface area (Å²) >= 11 is 1.52. The van der Waals surface area contributed by atoms with E-state index >= 15 is 0 Å². The van der Waals surface area contributed by atoms with Gasteiger partial charge in [0.25, 0.3) is 0 Å². The van der Waals surface area contributed by atoms with Crippen molar-refractivity contribution in [2.24, 2.45) is 5.10 Å². The van der Waals surface area contributed by atoms with Crippen LogP contribution in [0, 0.1) is 0 Å². The Labute approximate surface area is 212 Å². The van der Waals surface area contributed by atoms with Crippen LogP contribution in [0.5, 0.6) is 5.75 Å². The van der Waals surface area contributed by atoms with E-state index in [1.54, 1.807) is 11.8 Å². The van der Waals surface area contributed by atoms with Gasteiger partial charge in [0.2, 0.25) is 16.9 Å². The number of likely N-dealkylation sites (tertiary alicyclic amines) is 1. The second-order valence-corrected chi connectivity index (χ2v) is 9.93. The number of aromatic amines is 1. The molecule has 2 aromatic carbocycles. The minimum Gasteiger partial charge on any atom is -0.497 e. The zero-order valence-corrected chi connectivity index (χ0v) is 20.6. The second-order valence-electron chi connectivity index (χ2n) is 8.76. The van der Waals surface area contributed by atoms with Crippen LogP contribution in [-0.2, 0) is 4.79 Å². The van der Waals surface area contributed by atoms with Crippen LogP contribution in [0.1, 0.15) is 24.8 Å². The molecule has 1 atom stereocenters. The summed E-state index contributed by atoms with van der Waals surface area (Å²) in [5.41, 5.74) is 4.29. The number of amides is 1. The predicted octanol–water partition coefficient (Wildman–Crippen LogP) is 4.08. The molecule has 9 nitrogen and oxygen atoms in total. The lowest BCUT2D eigenvalue weighted by molar-refractivity contribution is -0.129. The number of nitrogens with zero attached hydrogens (tertiary/aromatic N) is 6. The van der Waals surface area contributed by atoms with E-state index in [2.05, 4.69) is 20.4 Å². The number of hydrogen-bond donors (Lipinski definition) is 1. The number of methoxy groups -OCH3 is 1. The molecule has 0 bridgehead atoms. The van der Waals surface area contributed by atoms with Gasteiger partial charge in [-0.2, -0.15) is 14.9 Å². The van der Waals surface area contributed by atoms with Crippen LogP contribution in [-0.4, -0.2) is 67.0 Å². The Bertz CT molecular complexity index is 1410. The van der Waals surface area contributed by atoms with E-state index < -0.39 is 0 Å². The van der Waals surface area contributed by atoms with E-state index in [0.29, 0.717) is 17.4 Å². The van der Waals surface area contributed by atoms with E-state index in [1.165, 1.54) is 11.8 Å². The number of hydrogen-bond acceptors (Lipinski definition) is 7. The van der Waals surface area contributed by atoms with Crippen LogP contribution in [0.2, 0.25) is 0 Å². The van der Waals surface area contributed by atoms with Crippen LogP contribution in [0.15, 0.2) is 70.9 Å². The van der Waals surface area contributed by atoms with Gasteiger partial charge in [-0.3, -0.25) is 9.89 Å². The average molecular weight is 500 g/mol. The molecule has 0 aliphatic carbocycles. The molecule has 2 aliphatic heterocycles. The van der Waals surface area contributed by atoms with Crippen LogP contribution >= 0.6 is 11.8 Å². The Kier molecular flexibility index (Phi) is 6.02. The van der Waals surface area contributed by atoms with Crippen molar-refractivity contribution >= 4 is 23.4 Å². The first-order valence-corrected chi connectivity index (χ1v) is 12.8. The molecule has 1 fully saturated rings. The highest BCUT2D eigenvalue weighted by molar-refractivity contribution is 8.00. The van der Waals surface area contributed by atoms with Gasteiger partial charge in [-0.1, -0.05) is 42.1 Å². The third kappa shape index (κ3) is 4.28. The Balaban J connectivity index is 1.36. The Hall–Kier alpha value is -3.92. The molecule has 1 unspecified atom stereocenters. The number of aromatic nitrogens is 5. The van der Waals surface area contributed by atoms with Crippen molar-refractivity contribution in [3.63, 3.8) is 0 Å². The summed E-state index contributed by atoms with van der Waals surface area (Å²) in [6.45, 7) is 1.66. The minimum absolute atomic E-state index is 0.153. The van der Waals surface area contributed by atoms with Gasteiger partial charge in [-0.25, -0.2) is 0 Å². The highest BCUT2D eigenvalue weighted by Crippen LogP contribution is 2.35. The van der Waals surface area contributed by atoms with Crippen LogP contribution in [0.25, 0.3) is 22.8 Å². The number of carbonyl (C=O) groups is 1. The lowest BCUT2D eigenvalue weighted by Crippen LogP contribution is -2.34. The maximum atomic E-state index is 13.0. The summed E-state index contributed by atoms with van der Waals surface area (Å²) in [7, 11) is 1.64. The molecule has 10 heteroatoms. The highest BCUT2D eigenvalue weighted by atomic mass is 32.2. The summed E-state index contributed by atoms with van der Waals surface area (Å²) in [6.07, 6.45) is 2.49. The molecule has 6 rings (SSSR count). The highest BCUT2D eigenvalue weighted by Gasteiger charge is 2.33. The molecule has 4 heterocycles. The van der Waals surface area contributed by atoms with Crippen molar-refractivity contribution in [1.82, 2.24) is 30.0 Å². The molecule has 1 amide bonds. The van der Waals surface area contributed by atoms with Gasteiger partial charge in [0.05, 0.1) is 23.8 Å². The molecule has 1 N–H and O–H groups in total. The Morgan fingerprint density at radius 1 is 1.06 bits per heavy atom. The smallest absolute Gasteiger partial charge is 0.224 e. The lowest BCUT2D eigenvalue weighted by atomic mass is 10.0. The molecule has 2 aromatic heterocycles. The van der Waals surface area contributed by atoms with Crippen LogP contribution < -0.4 is 4.74 Å². The number of rotatable bonds is 6. The fourth-order valence-electron chi connectivity index (χ4n) is 4.54. The largest absolute Gasteiger partial charge is 0.497 e. The monoisotopic (exact) mass is 499 g/mol. The van der Waals surface area contributed by atoms with E-state index in [9.17, 15) is 4.79 Å².